The van der Waals surface area contributed by atoms with Gasteiger partial charge in [0.2, 0.25) is 5.91 Å². The largest absolute Gasteiger partial charge is 0.453 e. The molecule has 2 N–H and O–H groups in total. The number of aryl methyl sites for hydroxylation is 1. The van der Waals surface area contributed by atoms with E-state index in [1.807, 2.05) is 30.9 Å². The Morgan fingerprint density at radius 3 is 2.82 bits per heavy atom. The molecular formula is C21H28N4O3. The quantitative estimate of drug-likeness (QED) is 0.847. The highest BCUT2D eigenvalue weighted by atomic mass is 16.5. The van der Waals surface area contributed by atoms with Crippen molar-refractivity contribution in [1.29, 1.82) is 0 Å². The molecule has 7 heteroatoms. The first-order chi connectivity index (χ1) is 13.4. The Labute approximate surface area is 164 Å². The summed E-state index contributed by atoms with van der Waals surface area (Å²) in [5.41, 5.74) is 3.09. The van der Waals surface area contributed by atoms with Crippen LogP contribution in [0.25, 0.3) is 11.0 Å². The zero-order valence-electron chi connectivity index (χ0n) is 16.9. The number of aromatic amines is 1. The van der Waals surface area contributed by atoms with Gasteiger partial charge in [0.05, 0.1) is 24.2 Å². The Hall–Kier alpha value is -2.57. The van der Waals surface area contributed by atoms with Gasteiger partial charge in [0.15, 0.2) is 0 Å². The van der Waals surface area contributed by atoms with E-state index in [1.54, 1.807) is 0 Å². The van der Waals surface area contributed by atoms with Crippen molar-refractivity contribution in [2.45, 2.75) is 58.2 Å². The minimum Gasteiger partial charge on any atom is -0.453 e. The molecule has 1 aromatic carbocycles. The van der Waals surface area contributed by atoms with Crippen molar-refractivity contribution >= 4 is 23.0 Å². The maximum Gasteiger partial charge on any atom is 0.407 e. The second-order valence-corrected chi connectivity index (χ2v) is 8.42. The fourth-order valence-electron chi connectivity index (χ4n) is 4.80. The monoisotopic (exact) mass is 384 g/mol. The average molecular weight is 384 g/mol. The van der Waals surface area contributed by atoms with E-state index < -0.39 is 12.1 Å². The van der Waals surface area contributed by atoms with Crippen molar-refractivity contribution in [1.82, 2.24) is 20.2 Å². The summed E-state index contributed by atoms with van der Waals surface area (Å²) in [6, 6.07) is 5.67. The van der Waals surface area contributed by atoms with Crippen LogP contribution >= 0.6 is 0 Å². The van der Waals surface area contributed by atoms with Crippen LogP contribution in [0.2, 0.25) is 0 Å². The van der Waals surface area contributed by atoms with Gasteiger partial charge in [-0.25, -0.2) is 9.78 Å². The molecular weight excluding hydrogens is 356 g/mol. The fourth-order valence-corrected chi connectivity index (χ4v) is 4.80. The van der Waals surface area contributed by atoms with Gasteiger partial charge in [-0.1, -0.05) is 19.9 Å². The van der Waals surface area contributed by atoms with Crippen LogP contribution in [0.3, 0.4) is 0 Å². The lowest BCUT2D eigenvalue weighted by molar-refractivity contribution is -0.139. The third kappa shape index (κ3) is 3.12. The minimum atomic E-state index is -0.610. The summed E-state index contributed by atoms with van der Waals surface area (Å²) in [5, 5.41) is 2.73. The third-order valence-corrected chi connectivity index (χ3v) is 6.17. The summed E-state index contributed by atoms with van der Waals surface area (Å²) in [7, 11) is 1.31. The number of aromatic nitrogens is 2. The van der Waals surface area contributed by atoms with Crippen LogP contribution in [-0.4, -0.2) is 46.1 Å². The number of methoxy groups -OCH3 is 1. The van der Waals surface area contributed by atoms with Gasteiger partial charge in [0.1, 0.15) is 11.9 Å². The van der Waals surface area contributed by atoms with Gasteiger partial charge >= 0.3 is 6.09 Å². The van der Waals surface area contributed by atoms with Crippen LogP contribution in [0.5, 0.6) is 0 Å². The van der Waals surface area contributed by atoms with E-state index >= 15 is 0 Å². The molecule has 2 aliphatic rings. The number of carbonyl (C=O) groups is 2. The molecule has 4 atom stereocenters. The second kappa shape index (κ2) is 7.11. The zero-order valence-corrected chi connectivity index (χ0v) is 16.9. The number of benzene rings is 1. The highest BCUT2D eigenvalue weighted by Crippen LogP contribution is 2.50. The summed E-state index contributed by atoms with van der Waals surface area (Å²) < 4.78 is 4.73. The SMILES string of the molecule is COC(=O)NC(C(=O)N1C2CCC(C2)C1c1nc2ccc(C)cc2[nH]1)C(C)C. The maximum absolute atomic E-state index is 13.5. The highest BCUT2D eigenvalue weighted by Gasteiger charge is 2.51. The number of nitrogens with one attached hydrogen (secondary N) is 2. The number of piperidine rings is 1. The Morgan fingerprint density at radius 1 is 1.32 bits per heavy atom. The van der Waals surface area contributed by atoms with Crippen molar-refractivity contribution in [3.63, 3.8) is 0 Å². The van der Waals surface area contributed by atoms with E-state index in [0.717, 1.165) is 36.1 Å². The van der Waals surface area contributed by atoms with Crippen LogP contribution in [0.15, 0.2) is 18.2 Å². The molecule has 4 rings (SSSR count). The number of nitrogens with zero attached hydrogens (tertiary/aromatic N) is 2. The first-order valence-corrected chi connectivity index (χ1v) is 10.0. The van der Waals surface area contributed by atoms with Gasteiger partial charge in [-0.15, -0.1) is 0 Å². The Balaban J connectivity index is 1.67. The van der Waals surface area contributed by atoms with Gasteiger partial charge in [-0.2, -0.15) is 0 Å². The summed E-state index contributed by atoms with van der Waals surface area (Å²) in [6.07, 6.45) is 2.53. The maximum atomic E-state index is 13.5. The molecule has 1 aliphatic heterocycles. The number of hydrogen-bond donors (Lipinski definition) is 2. The number of amides is 2. The topological polar surface area (TPSA) is 87.3 Å². The van der Waals surface area contributed by atoms with Crippen LogP contribution in [0.1, 0.15) is 50.5 Å². The lowest BCUT2D eigenvalue weighted by Gasteiger charge is -2.37. The minimum absolute atomic E-state index is 0.0373. The van der Waals surface area contributed by atoms with Crippen molar-refractivity contribution in [2.75, 3.05) is 7.11 Å². The number of likely N-dealkylation sites (tertiary alicyclic amines) is 1. The molecule has 0 spiro atoms. The molecule has 2 bridgehead atoms. The van der Waals surface area contributed by atoms with Crippen molar-refractivity contribution < 1.29 is 14.3 Å². The first kappa shape index (κ1) is 18.8. The predicted molar refractivity (Wildman–Crippen MR) is 106 cm³/mol. The highest BCUT2D eigenvalue weighted by molar-refractivity contribution is 5.87. The zero-order chi connectivity index (χ0) is 20.0. The Kier molecular flexibility index (Phi) is 4.77. The molecule has 2 heterocycles. The molecule has 1 aliphatic carbocycles. The van der Waals surface area contributed by atoms with Crippen LogP contribution in [0.4, 0.5) is 4.79 Å². The van der Waals surface area contributed by atoms with Gasteiger partial charge in [-0.3, -0.25) is 4.79 Å². The molecule has 1 aromatic heterocycles. The molecule has 4 unspecified atom stereocenters. The molecule has 1 saturated heterocycles. The van der Waals surface area contributed by atoms with Gasteiger partial charge in [-0.05, 0) is 55.7 Å². The van der Waals surface area contributed by atoms with E-state index in [-0.39, 0.29) is 23.9 Å². The number of fused-ring (bicyclic) bond motifs is 3. The molecule has 2 aromatic rings. The molecule has 1 saturated carbocycles. The van der Waals surface area contributed by atoms with Crippen molar-refractivity contribution in [2.24, 2.45) is 11.8 Å². The van der Waals surface area contributed by atoms with Gasteiger partial charge in [0.25, 0.3) is 0 Å². The van der Waals surface area contributed by atoms with Crippen LogP contribution in [0, 0.1) is 18.8 Å². The number of alkyl carbamates (subject to hydrolysis) is 1. The lowest BCUT2D eigenvalue weighted by Crippen LogP contribution is -2.54. The van der Waals surface area contributed by atoms with Crippen molar-refractivity contribution in [3.8, 4) is 0 Å². The summed E-state index contributed by atoms with van der Waals surface area (Å²) in [5.74, 6) is 1.17. The molecule has 28 heavy (non-hydrogen) atoms. The number of hydrogen-bond acceptors (Lipinski definition) is 4. The van der Waals surface area contributed by atoms with E-state index in [4.69, 9.17) is 9.72 Å². The standard InChI is InChI=1S/C21H28N4O3/c1-11(2)17(24-21(27)28-4)20(26)25-14-7-6-13(10-14)18(25)19-22-15-8-5-12(3)9-16(15)23-19/h5,8-9,11,13-14,17-18H,6-7,10H2,1-4H3,(H,22,23)(H,24,27). The fraction of sp³-hybridized carbons (Fsp3) is 0.571. The van der Waals surface area contributed by atoms with Crippen LogP contribution in [-0.2, 0) is 9.53 Å². The predicted octanol–water partition coefficient (Wildman–Crippen LogP) is 3.30. The smallest absolute Gasteiger partial charge is 0.407 e. The van der Waals surface area contributed by atoms with Crippen molar-refractivity contribution in [3.05, 3.63) is 29.6 Å². The summed E-state index contributed by atoms with van der Waals surface area (Å²) in [6.45, 7) is 5.93. The summed E-state index contributed by atoms with van der Waals surface area (Å²) >= 11 is 0. The van der Waals surface area contributed by atoms with E-state index in [0.29, 0.717) is 5.92 Å². The summed E-state index contributed by atoms with van der Waals surface area (Å²) in [4.78, 5) is 35.5. The third-order valence-electron chi connectivity index (χ3n) is 6.17. The number of ether oxygens (including phenoxy) is 1. The average Bonchev–Trinajstić information content (AvgIpc) is 3.37. The van der Waals surface area contributed by atoms with E-state index in [9.17, 15) is 9.59 Å². The van der Waals surface area contributed by atoms with E-state index in [1.165, 1.54) is 12.7 Å². The Morgan fingerprint density at radius 2 is 2.11 bits per heavy atom. The normalized spacial score (nSPS) is 24.8. The number of carbonyl (C=O) groups excluding carboxylic acids is 2. The molecule has 7 nitrogen and oxygen atoms in total. The number of rotatable bonds is 4. The number of H-pyrrole nitrogens is 1. The Bertz CT molecular complexity index is 906. The second-order valence-electron chi connectivity index (χ2n) is 8.42. The van der Waals surface area contributed by atoms with Gasteiger partial charge in [0, 0.05) is 6.04 Å². The van der Waals surface area contributed by atoms with E-state index in [2.05, 4.69) is 23.3 Å². The van der Waals surface area contributed by atoms with Crippen LogP contribution < -0.4 is 5.32 Å². The molecule has 2 fully saturated rings. The number of imidazole rings is 1. The first-order valence-electron chi connectivity index (χ1n) is 10.0. The van der Waals surface area contributed by atoms with Gasteiger partial charge < -0.3 is 19.9 Å². The molecule has 2 amide bonds. The molecule has 0 radical (unpaired) electrons. The molecule has 150 valence electrons. The lowest BCUT2D eigenvalue weighted by atomic mass is 9.95.